The minimum atomic E-state index is 0.889. The molecule has 0 aliphatic heterocycles. The van der Waals surface area contributed by atoms with Gasteiger partial charge in [-0.3, -0.25) is 4.68 Å². The van der Waals surface area contributed by atoms with E-state index in [1.807, 2.05) is 6.92 Å². The van der Waals surface area contributed by atoms with Crippen LogP contribution in [0, 0.1) is 13.8 Å². The van der Waals surface area contributed by atoms with Crippen molar-refractivity contribution < 1.29 is 0 Å². The summed E-state index contributed by atoms with van der Waals surface area (Å²) >= 11 is 0. The van der Waals surface area contributed by atoms with Crippen molar-refractivity contribution in [2.45, 2.75) is 40.3 Å². The van der Waals surface area contributed by atoms with Gasteiger partial charge in [0.15, 0.2) is 0 Å². The third kappa shape index (κ3) is 3.67. The molecule has 0 aliphatic carbocycles. The van der Waals surface area contributed by atoms with E-state index in [0.717, 1.165) is 31.7 Å². The van der Waals surface area contributed by atoms with Crippen LogP contribution in [0.2, 0.25) is 0 Å². The Hall–Kier alpha value is -1.61. The maximum absolute atomic E-state index is 4.46. The number of rotatable bonds is 6. The van der Waals surface area contributed by atoms with Crippen LogP contribution < -0.4 is 5.32 Å². The van der Waals surface area contributed by atoms with E-state index in [0.29, 0.717) is 0 Å². The third-order valence-electron chi connectivity index (χ3n) is 3.42. The second kappa shape index (κ2) is 6.53. The molecule has 0 atom stereocenters. The van der Waals surface area contributed by atoms with E-state index in [1.165, 1.54) is 16.8 Å². The molecule has 2 rings (SSSR count). The molecule has 0 bridgehead atoms. The molecule has 1 aromatic heterocycles. The topological polar surface area (TPSA) is 29.9 Å². The first-order valence-electron chi connectivity index (χ1n) is 6.99. The van der Waals surface area contributed by atoms with Crippen LogP contribution >= 0.6 is 0 Å². The summed E-state index contributed by atoms with van der Waals surface area (Å²) in [6.07, 6.45) is 1.08. The van der Waals surface area contributed by atoms with Gasteiger partial charge in [-0.05, 0) is 50.9 Å². The molecular formula is C16H23N3. The van der Waals surface area contributed by atoms with Crippen molar-refractivity contribution in [3.8, 4) is 0 Å². The zero-order valence-corrected chi connectivity index (χ0v) is 12.1. The highest BCUT2D eigenvalue weighted by Crippen LogP contribution is 2.07. The molecule has 3 heteroatoms. The largest absolute Gasteiger partial charge is 0.311 e. The van der Waals surface area contributed by atoms with Crippen molar-refractivity contribution in [2.24, 2.45) is 0 Å². The zero-order chi connectivity index (χ0) is 13.7. The predicted octanol–water partition coefficient (Wildman–Crippen LogP) is 2.85. The van der Waals surface area contributed by atoms with Crippen LogP contribution in [0.15, 0.2) is 30.3 Å². The highest BCUT2D eigenvalue weighted by molar-refractivity contribution is 5.25. The summed E-state index contributed by atoms with van der Waals surface area (Å²) in [4.78, 5) is 0. The van der Waals surface area contributed by atoms with E-state index in [2.05, 4.69) is 59.3 Å². The maximum Gasteiger partial charge on any atom is 0.0597 e. The molecule has 0 unspecified atom stereocenters. The van der Waals surface area contributed by atoms with Gasteiger partial charge in [0.05, 0.1) is 11.4 Å². The Bertz CT molecular complexity index is 529. The second-order valence-corrected chi connectivity index (χ2v) is 4.95. The lowest BCUT2D eigenvalue weighted by molar-refractivity contribution is 0.579. The summed E-state index contributed by atoms with van der Waals surface area (Å²) in [5.41, 5.74) is 5.16. The average Bonchev–Trinajstić information content (AvgIpc) is 2.77. The minimum absolute atomic E-state index is 0.889. The van der Waals surface area contributed by atoms with Crippen LogP contribution in [0.25, 0.3) is 0 Å². The molecule has 0 amide bonds. The molecule has 1 aromatic carbocycles. The fourth-order valence-electron chi connectivity index (χ4n) is 2.35. The maximum atomic E-state index is 4.46. The number of hydrogen-bond donors (Lipinski definition) is 1. The van der Waals surface area contributed by atoms with E-state index < -0.39 is 0 Å². The van der Waals surface area contributed by atoms with Crippen LogP contribution in [0.3, 0.4) is 0 Å². The lowest BCUT2D eigenvalue weighted by Gasteiger charge is -2.08. The quantitative estimate of drug-likeness (QED) is 0.806. The van der Waals surface area contributed by atoms with Gasteiger partial charge >= 0.3 is 0 Å². The van der Waals surface area contributed by atoms with Gasteiger partial charge < -0.3 is 5.32 Å². The first-order chi connectivity index (χ1) is 9.20. The molecule has 3 nitrogen and oxygen atoms in total. The van der Waals surface area contributed by atoms with Crippen LogP contribution in [0.1, 0.15) is 29.4 Å². The third-order valence-corrected chi connectivity index (χ3v) is 3.42. The highest BCUT2D eigenvalue weighted by atomic mass is 15.3. The van der Waals surface area contributed by atoms with Crippen molar-refractivity contribution in [3.05, 3.63) is 52.8 Å². The molecule has 2 aromatic rings. The van der Waals surface area contributed by atoms with Crippen molar-refractivity contribution in [2.75, 3.05) is 6.54 Å². The Morgan fingerprint density at radius 2 is 2.00 bits per heavy atom. The molecule has 0 spiro atoms. The first kappa shape index (κ1) is 13.8. The van der Waals surface area contributed by atoms with Crippen molar-refractivity contribution >= 4 is 0 Å². The van der Waals surface area contributed by atoms with Gasteiger partial charge in [0, 0.05) is 13.1 Å². The highest BCUT2D eigenvalue weighted by Gasteiger charge is 2.03. The number of nitrogens with zero attached hydrogens (tertiary/aromatic N) is 2. The molecule has 0 saturated heterocycles. The van der Waals surface area contributed by atoms with E-state index >= 15 is 0 Å². The summed E-state index contributed by atoms with van der Waals surface area (Å²) in [6, 6.07) is 10.7. The van der Waals surface area contributed by atoms with Crippen molar-refractivity contribution in [1.29, 1.82) is 0 Å². The minimum Gasteiger partial charge on any atom is -0.311 e. The summed E-state index contributed by atoms with van der Waals surface area (Å²) in [5.74, 6) is 0. The smallest absolute Gasteiger partial charge is 0.0597 e. The van der Waals surface area contributed by atoms with E-state index in [4.69, 9.17) is 0 Å². The van der Waals surface area contributed by atoms with E-state index in [-0.39, 0.29) is 0 Å². The Morgan fingerprint density at radius 3 is 2.74 bits per heavy atom. The number of benzene rings is 1. The van der Waals surface area contributed by atoms with Gasteiger partial charge in [-0.25, -0.2) is 0 Å². The Labute approximate surface area is 115 Å². The van der Waals surface area contributed by atoms with Crippen LogP contribution in [-0.4, -0.2) is 16.3 Å². The Balaban J connectivity index is 1.82. The van der Waals surface area contributed by atoms with Crippen LogP contribution in [0.5, 0.6) is 0 Å². The summed E-state index contributed by atoms with van der Waals surface area (Å²) in [7, 11) is 0. The average molecular weight is 257 g/mol. The fourth-order valence-corrected chi connectivity index (χ4v) is 2.35. The molecule has 19 heavy (non-hydrogen) atoms. The van der Waals surface area contributed by atoms with Gasteiger partial charge in [0.2, 0.25) is 0 Å². The van der Waals surface area contributed by atoms with Gasteiger partial charge in [-0.2, -0.15) is 5.10 Å². The molecule has 0 fully saturated rings. The fraction of sp³-hybridized carbons (Fsp3) is 0.438. The van der Waals surface area contributed by atoms with Crippen LogP contribution in [-0.2, 0) is 19.5 Å². The number of aromatic nitrogens is 2. The zero-order valence-electron chi connectivity index (χ0n) is 12.1. The Morgan fingerprint density at radius 1 is 1.21 bits per heavy atom. The normalized spacial score (nSPS) is 10.9. The van der Waals surface area contributed by atoms with Crippen LogP contribution in [0.4, 0.5) is 0 Å². The summed E-state index contributed by atoms with van der Waals surface area (Å²) in [5, 5.41) is 7.96. The first-order valence-corrected chi connectivity index (χ1v) is 6.99. The lowest BCUT2D eigenvalue weighted by Crippen LogP contribution is -2.19. The molecule has 102 valence electrons. The SMILES string of the molecule is CCn1nc(C)cc1CNCCc1ccccc1C. The van der Waals surface area contributed by atoms with Gasteiger partial charge in [-0.15, -0.1) is 0 Å². The molecule has 1 N–H and O–H groups in total. The van der Waals surface area contributed by atoms with Gasteiger partial charge in [0.1, 0.15) is 0 Å². The summed E-state index contributed by atoms with van der Waals surface area (Å²) < 4.78 is 2.07. The van der Waals surface area contributed by atoms with Gasteiger partial charge in [0.25, 0.3) is 0 Å². The van der Waals surface area contributed by atoms with Crippen molar-refractivity contribution in [1.82, 2.24) is 15.1 Å². The molecule has 1 heterocycles. The van der Waals surface area contributed by atoms with Gasteiger partial charge in [-0.1, -0.05) is 24.3 Å². The number of hydrogen-bond acceptors (Lipinski definition) is 2. The van der Waals surface area contributed by atoms with E-state index in [1.54, 1.807) is 0 Å². The molecule has 0 radical (unpaired) electrons. The lowest BCUT2D eigenvalue weighted by atomic mass is 10.1. The second-order valence-electron chi connectivity index (χ2n) is 4.95. The molecular weight excluding hydrogens is 234 g/mol. The number of aryl methyl sites for hydroxylation is 3. The standard InChI is InChI=1S/C16H23N3/c1-4-19-16(11-14(3)18-19)12-17-10-9-15-8-6-5-7-13(15)2/h5-8,11,17H,4,9-10,12H2,1-3H3. The molecule has 0 saturated carbocycles. The van der Waals surface area contributed by atoms with Crippen molar-refractivity contribution in [3.63, 3.8) is 0 Å². The van der Waals surface area contributed by atoms with E-state index in [9.17, 15) is 0 Å². The monoisotopic (exact) mass is 257 g/mol. The Kier molecular flexibility index (Phi) is 4.74. The summed E-state index contributed by atoms with van der Waals surface area (Å²) in [6.45, 7) is 9.17. The molecule has 0 aliphatic rings. The number of nitrogens with one attached hydrogen (secondary N) is 1. The predicted molar refractivity (Wildman–Crippen MR) is 79.2 cm³/mol.